The fraction of sp³-hybridized carbons (Fsp3) is 0.429. The first-order valence-corrected chi connectivity index (χ1v) is 6.89. The van der Waals surface area contributed by atoms with Crippen molar-refractivity contribution in [3.63, 3.8) is 0 Å². The summed E-state index contributed by atoms with van der Waals surface area (Å²) in [4.78, 5) is 14.9. The molecule has 2 N–H and O–H groups in total. The van der Waals surface area contributed by atoms with Crippen LogP contribution in [0.2, 0.25) is 0 Å². The summed E-state index contributed by atoms with van der Waals surface area (Å²) in [6.07, 6.45) is 0. The molecular weight excluding hydrogens is 258 g/mol. The monoisotopic (exact) mass is 277 g/mol. The third kappa shape index (κ3) is 2.62. The highest BCUT2D eigenvalue weighted by molar-refractivity contribution is 7.80. The Kier molecular flexibility index (Phi) is 4.17. The lowest BCUT2D eigenvalue weighted by Gasteiger charge is -2.43. The molecule has 2 rings (SSSR count). The van der Waals surface area contributed by atoms with Gasteiger partial charge in [0.05, 0.1) is 0 Å². The summed E-state index contributed by atoms with van der Waals surface area (Å²) in [7, 11) is 0. The number of thiocarbonyl (C=S) groups is 1. The van der Waals surface area contributed by atoms with Gasteiger partial charge < -0.3 is 10.6 Å². The smallest absolute Gasteiger partial charge is 0.247 e. The molecule has 0 radical (unpaired) electrons. The number of nitrogens with zero attached hydrogens (tertiary/aromatic N) is 1. The van der Waals surface area contributed by atoms with Gasteiger partial charge in [-0.2, -0.15) is 0 Å². The molecule has 19 heavy (non-hydrogen) atoms. The number of amides is 1. The van der Waals surface area contributed by atoms with Crippen LogP contribution in [0.4, 0.5) is 5.69 Å². The first-order valence-electron chi connectivity index (χ1n) is 6.49. The molecule has 102 valence electrons. The minimum absolute atomic E-state index is 0.0333. The number of likely N-dealkylation sites (N-methyl/N-ethyl adjacent to an activating group) is 1. The molecule has 1 aromatic rings. The van der Waals surface area contributed by atoms with Gasteiger partial charge in [-0.05, 0) is 25.6 Å². The van der Waals surface area contributed by atoms with E-state index in [9.17, 15) is 4.79 Å². The van der Waals surface area contributed by atoms with Crippen molar-refractivity contribution in [2.45, 2.75) is 19.4 Å². The van der Waals surface area contributed by atoms with Crippen LogP contribution < -0.4 is 10.6 Å². The van der Waals surface area contributed by atoms with E-state index in [1.807, 2.05) is 44.2 Å². The fourth-order valence-electron chi connectivity index (χ4n) is 2.34. The number of carbonyl (C=O) groups is 1. The Hall–Kier alpha value is -1.46. The van der Waals surface area contributed by atoms with E-state index in [0.29, 0.717) is 11.5 Å². The number of piperazine rings is 1. The second-order valence-corrected chi connectivity index (χ2v) is 5.14. The van der Waals surface area contributed by atoms with E-state index in [1.54, 1.807) is 0 Å². The number of hydrogen-bond donors (Lipinski definition) is 2. The van der Waals surface area contributed by atoms with Gasteiger partial charge in [0.25, 0.3) is 0 Å². The van der Waals surface area contributed by atoms with Crippen molar-refractivity contribution in [3.05, 3.63) is 30.3 Å². The van der Waals surface area contributed by atoms with Crippen molar-refractivity contribution in [2.75, 3.05) is 25.0 Å². The number of rotatable bonds is 3. The van der Waals surface area contributed by atoms with Gasteiger partial charge in [0.1, 0.15) is 10.5 Å². The maximum Gasteiger partial charge on any atom is 0.247 e. The summed E-state index contributed by atoms with van der Waals surface area (Å²) >= 11 is 5.48. The maximum absolute atomic E-state index is 12.2. The number of hydrogen-bond acceptors (Lipinski definition) is 3. The Morgan fingerprint density at radius 3 is 2.79 bits per heavy atom. The standard InChI is InChI=1S/C14H19N3OS/c1-3-17-10-9-15-12(18)14(17,2)13(19)16-11-7-5-4-6-8-11/h4-8H,3,9-10H2,1-2H3,(H,15,18)(H,16,19). The zero-order valence-corrected chi connectivity index (χ0v) is 12.1. The summed E-state index contributed by atoms with van der Waals surface area (Å²) in [5.74, 6) is -0.0333. The van der Waals surface area contributed by atoms with Crippen molar-refractivity contribution in [2.24, 2.45) is 0 Å². The lowest BCUT2D eigenvalue weighted by atomic mass is 9.95. The Balaban J connectivity index is 2.21. The summed E-state index contributed by atoms with van der Waals surface area (Å²) < 4.78 is 0. The second-order valence-electron chi connectivity index (χ2n) is 4.73. The van der Waals surface area contributed by atoms with Crippen LogP contribution in [0.5, 0.6) is 0 Å². The maximum atomic E-state index is 12.2. The molecule has 1 heterocycles. The zero-order chi connectivity index (χ0) is 13.9. The highest BCUT2D eigenvalue weighted by Crippen LogP contribution is 2.22. The lowest BCUT2D eigenvalue weighted by Crippen LogP contribution is -2.67. The molecule has 1 unspecified atom stereocenters. The molecule has 1 amide bonds. The van der Waals surface area contributed by atoms with E-state index >= 15 is 0 Å². The molecule has 1 fully saturated rings. The molecule has 1 atom stereocenters. The van der Waals surface area contributed by atoms with Crippen molar-refractivity contribution in [1.82, 2.24) is 10.2 Å². The quantitative estimate of drug-likeness (QED) is 0.824. The van der Waals surface area contributed by atoms with Crippen molar-refractivity contribution in [3.8, 4) is 0 Å². The molecule has 4 nitrogen and oxygen atoms in total. The molecule has 1 saturated heterocycles. The van der Waals surface area contributed by atoms with E-state index in [2.05, 4.69) is 15.5 Å². The van der Waals surface area contributed by atoms with Gasteiger partial charge >= 0.3 is 0 Å². The zero-order valence-electron chi connectivity index (χ0n) is 11.3. The predicted molar refractivity (Wildman–Crippen MR) is 81.3 cm³/mol. The van der Waals surface area contributed by atoms with E-state index in [-0.39, 0.29) is 5.91 Å². The highest BCUT2D eigenvalue weighted by Gasteiger charge is 2.45. The number of benzene rings is 1. The molecule has 1 aliphatic heterocycles. The number of para-hydroxylation sites is 1. The van der Waals surface area contributed by atoms with Crippen LogP contribution in [-0.4, -0.2) is 41.0 Å². The number of anilines is 1. The third-order valence-corrected chi connectivity index (χ3v) is 4.10. The Labute approximate surface area is 119 Å². The summed E-state index contributed by atoms with van der Waals surface area (Å²) in [6.45, 7) is 6.21. The van der Waals surface area contributed by atoms with E-state index in [4.69, 9.17) is 12.2 Å². The van der Waals surface area contributed by atoms with Crippen LogP contribution in [0, 0.1) is 0 Å². The second kappa shape index (κ2) is 5.67. The van der Waals surface area contributed by atoms with Crippen LogP contribution in [0.3, 0.4) is 0 Å². The molecule has 0 aromatic heterocycles. The molecule has 0 spiro atoms. The van der Waals surface area contributed by atoms with Gasteiger partial charge in [-0.1, -0.05) is 37.3 Å². The highest BCUT2D eigenvalue weighted by atomic mass is 32.1. The predicted octanol–water partition coefficient (Wildman–Crippen LogP) is 1.64. The van der Waals surface area contributed by atoms with E-state index in [0.717, 1.165) is 18.8 Å². The molecular formula is C14H19N3OS. The summed E-state index contributed by atoms with van der Waals surface area (Å²) in [5, 5.41) is 6.07. The minimum atomic E-state index is -0.780. The summed E-state index contributed by atoms with van der Waals surface area (Å²) in [6, 6.07) is 9.69. The van der Waals surface area contributed by atoms with Crippen LogP contribution in [0.1, 0.15) is 13.8 Å². The van der Waals surface area contributed by atoms with Crippen molar-refractivity contribution in [1.29, 1.82) is 0 Å². The van der Waals surface area contributed by atoms with Crippen LogP contribution in [0.15, 0.2) is 30.3 Å². The summed E-state index contributed by atoms with van der Waals surface area (Å²) in [5.41, 5.74) is 0.126. The molecule has 1 aromatic carbocycles. The van der Waals surface area contributed by atoms with Crippen LogP contribution >= 0.6 is 12.2 Å². The van der Waals surface area contributed by atoms with Gasteiger partial charge in [0.2, 0.25) is 5.91 Å². The molecule has 5 heteroatoms. The average molecular weight is 277 g/mol. The van der Waals surface area contributed by atoms with Gasteiger partial charge in [-0.3, -0.25) is 9.69 Å². The Morgan fingerprint density at radius 2 is 2.16 bits per heavy atom. The SMILES string of the molecule is CCN1CCNC(=O)C1(C)C(=S)Nc1ccccc1. The molecule has 0 saturated carbocycles. The van der Waals surface area contributed by atoms with Crippen molar-refractivity contribution < 1.29 is 4.79 Å². The van der Waals surface area contributed by atoms with Crippen LogP contribution in [0.25, 0.3) is 0 Å². The number of nitrogens with one attached hydrogen (secondary N) is 2. The largest absolute Gasteiger partial charge is 0.353 e. The van der Waals surface area contributed by atoms with Gasteiger partial charge in [-0.15, -0.1) is 0 Å². The topological polar surface area (TPSA) is 44.4 Å². The average Bonchev–Trinajstić information content (AvgIpc) is 2.43. The van der Waals surface area contributed by atoms with Gasteiger partial charge in [-0.25, -0.2) is 0 Å². The first kappa shape index (κ1) is 14.0. The lowest BCUT2D eigenvalue weighted by molar-refractivity contribution is -0.131. The number of carbonyl (C=O) groups excluding carboxylic acids is 1. The first-order chi connectivity index (χ1) is 9.09. The molecule has 0 aliphatic carbocycles. The Bertz CT molecular complexity index is 477. The minimum Gasteiger partial charge on any atom is -0.353 e. The third-order valence-electron chi connectivity index (χ3n) is 3.60. The Morgan fingerprint density at radius 1 is 1.47 bits per heavy atom. The fourth-order valence-corrected chi connectivity index (χ4v) is 2.68. The van der Waals surface area contributed by atoms with Gasteiger partial charge in [0.15, 0.2) is 0 Å². The molecule has 0 bridgehead atoms. The van der Waals surface area contributed by atoms with E-state index < -0.39 is 5.54 Å². The van der Waals surface area contributed by atoms with E-state index in [1.165, 1.54) is 0 Å². The van der Waals surface area contributed by atoms with Gasteiger partial charge in [0, 0.05) is 18.8 Å². The van der Waals surface area contributed by atoms with Crippen molar-refractivity contribution >= 4 is 28.8 Å². The van der Waals surface area contributed by atoms with Crippen LogP contribution in [-0.2, 0) is 4.79 Å². The normalized spacial score (nSPS) is 23.8. The molecule has 1 aliphatic rings.